The van der Waals surface area contributed by atoms with Gasteiger partial charge in [0, 0.05) is 0 Å². The predicted octanol–water partition coefficient (Wildman–Crippen LogP) is 0.114. The van der Waals surface area contributed by atoms with Gasteiger partial charge in [-0.25, -0.2) is 8.42 Å². The van der Waals surface area contributed by atoms with Gasteiger partial charge >= 0.3 is 0 Å². The number of carbonyl (C=O) groups is 1. The molecule has 0 radical (unpaired) electrons. The highest BCUT2D eigenvalue weighted by molar-refractivity contribution is 7.90. The Balaban J connectivity index is 2.67. The Labute approximate surface area is 90.5 Å². The molecule has 0 heterocycles. The van der Waals surface area contributed by atoms with E-state index in [2.05, 4.69) is 0 Å². The third-order valence-corrected chi connectivity index (χ3v) is 4.08. The molecule has 0 spiro atoms. The van der Waals surface area contributed by atoms with Crippen LogP contribution in [-0.2, 0) is 14.8 Å². The molecule has 5 nitrogen and oxygen atoms in total. The van der Waals surface area contributed by atoms with E-state index in [1.54, 1.807) is 0 Å². The van der Waals surface area contributed by atoms with Crippen LogP contribution in [0, 0.1) is 0 Å². The normalized spacial score (nSPS) is 20.9. The Morgan fingerprint density at radius 3 is 2.33 bits per heavy atom. The van der Waals surface area contributed by atoms with Crippen LogP contribution in [0.5, 0.6) is 0 Å². The van der Waals surface area contributed by atoms with Gasteiger partial charge in [-0.3, -0.25) is 9.52 Å². The van der Waals surface area contributed by atoms with Crippen molar-refractivity contribution in [3.05, 3.63) is 0 Å². The second-order valence-electron chi connectivity index (χ2n) is 4.05. The first-order chi connectivity index (χ1) is 6.90. The van der Waals surface area contributed by atoms with Crippen LogP contribution >= 0.6 is 0 Å². The summed E-state index contributed by atoms with van der Waals surface area (Å²) in [5.74, 6) is -0.654. The summed E-state index contributed by atoms with van der Waals surface area (Å²) >= 11 is 0. The predicted molar refractivity (Wildman–Crippen MR) is 57.6 cm³/mol. The van der Waals surface area contributed by atoms with Gasteiger partial charge in [0.25, 0.3) is 5.91 Å². The van der Waals surface area contributed by atoms with Crippen LogP contribution in [-0.4, -0.2) is 25.6 Å². The summed E-state index contributed by atoms with van der Waals surface area (Å²) in [5, 5.41) is 0. The van der Waals surface area contributed by atoms with Gasteiger partial charge in [0.2, 0.25) is 10.0 Å². The first kappa shape index (κ1) is 12.4. The average molecular weight is 234 g/mol. The molecular weight excluding hydrogens is 216 g/mol. The molecule has 0 aromatic rings. The largest absolute Gasteiger partial charge is 0.317 e. The van der Waals surface area contributed by atoms with Crippen molar-refractivity contribution in [1.82, 2.24) is 4.72 Å². The van der Waals surface area contributed by atoms with Crippen molar-refractivity contribution in [3.8, 4) is 0 Å². The van der Waals surface area contributed by atoms with Gasteiger partial charge in [0.1, 0.15) is 0 Å². The van der Waals surface area contributed by atoms with Crippen molar-refractivity contribution < 1.29 is 13.2 Å². The second-order valence-corrected chi connectivity index (χ2v) is 6.06. The molecule has 3 N–H and O–H groups in total. The molecule has 15 heavy (non-hydrogen) atoms. The summed E-state index contributed by atoms with van der Waals surface area (Å²) in [6.07, 6.45) is 3.97. The van der Waals surface area contributed by atoms with Crippen molar-refractivity contribution >= 4 is 15.9 Å². The molecule has 0 atom stereocenters. The zero-order chi connectivity index (χ0) is 11.5. The fourth-order valence-electron chi connectivity index (χ4n) is 1.72. The number of hydrogen-bond donors (Lipinski definition) is 2. The Morgan fingerprint density at radius 2 is 1.87 bits per heavy atom. The number of carbonyl (C=O) groups excluding carboxylic acids is 1. The molecule has 1 aliphatic rings. The van der Waals surface area contributed by atoms with Crippen LogP contribution in [0.1, 0.15) is 39.0 Å². The van der Waals surface area contributed by atoms with Gasteiger partial charge in [-0.15, -0.1) is 0 Å². The lowest BCUT2D eigenvalue weighted by Crippen LogP contribution is -2.56. The summed E-state index contributed by atoms with van der Waals surface area (Å²) < 4.78 is 24.4. The maximum absolute atomic E-state index is 11.7. The summed E-state index contributed by atoms with van der Waals surface area (Å²) in [5.41, 5.74) is 4.90. The maximum Gasteiger partial charge on any atom is 0.253 e. The van der Waals surface area contributed by atoms with Crippen molar-refractivity contribution in [2.45, 2.75) is 44.6 Å². The zero-order valence-corrected chi connectivity index (χ0v) is 9.77. The van der Waals surface area contributed by atoms with Crippen molar-refractivity contribution in [2.75, 3.05) is 5.75 Å². The fourth-order valence-corrected chi connectivity index (χ4v) is 2.35. The summed E-state index contributed by atoms with van der Waals surface area (Å²) in [6, 6.07) is 0. The van der Waals surface area contributed by atoms with E-state index < -0.39 is 21.5 Å². The average Bonchev–Trinajstić information content (AvgIpc) is 2.18. The third-order valence-electron chi connectivity index (χ3n) is 2.83. The van der Waals surface area contributed by atoms with Crippen LogP contribution in [0.15, 0.2) is 0 Å². The van der Waals surface area contributed by atoms with Crippen molar-refractivity contribution in [1.29, 1.82) is 0 Å². The number of sulfonamides is 1. The standard InChI is InChI=1S/C9H18N2O3S/c1-2-15(13,14)11-8(12)9(10)6-4-3-5-7-9/h2-7,10H2,1H3,(H,11,12). The summed E-state index contributed by atoms with van der Waals surface area (Å²) in [4.78, 5) is 11.7. The molecule has 1 rings (SSSR count). The minimum Gasteiger partial charge on any atom is -0.317 e. The number of nitrogens with two attached hydrogens (primary N) is 1. The molecule has 1 saturated carbocycles. The highest BCUT2D eigenvalue weighted by atomic mass is 32.2. The number of nitrogens with one attached hydrogen (secondary N) is 1. The highest BCUT2D eigenvalue weighted by Gasteiger charge is 2.36. The van der Waals surface area contributed by atoms with Crippen molar-refractivity contribution in [2.24, 2.45) is 5.73 Å². The lowest BCUT2D eigenvalue weighted by Gasteiger charge is -2.31. The van der Waals surface area contributed by atoms with Crippen LogP contribution in [0.25, 0.3) is 0 Å². The molecule has 0 aromatic carbocycles. The van der Waals surface area contributed by atoms with Gasteiger partial charge in [-0.2, -0.15) is 0 Å². The lowest BCUT2D eigenvalue weighted by molar-refractivity contribution is -0.125. The first-order valence-electron chi connectivity index (χ1n) is 5.23. The Morgan fingerprint density at radius 1 is 1.33 bits per heavy atom. The molecule has 1 amide bonds. The van der Waals surface area contributed by atoms with Crippen LogP contribution in [0.3, 0.4) is 0 Å². The summed E-state index contributed by atoms with van der Waals surface area (Å²) in [6.45, 7) is 1.49. The van der Waals surface area contributed by atoms with E-state index in [1.165, 1.54) is 6.92 Å². The molecule has 0 bridgehead atoms. The second kappa shape index (κ2) is 4.49. The van der Waals surface area contributed by atoms with E-state index in [9.17, 15) is 13.2 Å². The fraction of sp³-hybridized carbons (Fsp3) is 0.889. The van der Waals surface area contributed by atoms with E-state index in [0.717, 1.165) is 19.3 Å². The van der Waals surface area contributed by atoms with Gasteiger partial charge in [0.15, 0.2) is 0 Å². The molecular formula is C9H18N2O3S. The molecule has 1 fully saturated rings. The first-order valence-corrected chi connectivity index (χ1v) is 6.89. The number of hydrogen-bond acceptors (Lipinski definition) is 4. The van der Waals surface area contributed by atoms with Gasteiger partial charge in [0.05, 0.1) is 11.3 Å². The topological polar surface area (TPSA) is 89.3 Å². The minimum absolute atomic E-state index is 0.102. The smallest absolute Gasteiger partial charge is 0.253 e. The Kier molecular flexibility index (Phi) is 3.72. The van der Waals surface area contributed by atoms with Crippen LogP contribution in [0.2, 0.25) is 0 Å². The molecule has 1 aliphatic carbocycles. The van der Waals surface area contributed by atoms with E-state index in [1.807, 2.05) is 4.72 Å². The van der Waals surface area contributed by atoms with E-state index in [0.29, 0.717) is 12.8 Å². The molecule has 88 valence electrons. The Hall–Kier alpha value is -0.620. The van der Waals surface area contributed by atoms with Crippen LogP contribution in [0.4, 0.5) is 0 Å². The van der Waals surface area contributed by atoms with Gasteiger partial charge < -0.3 is 5.73 Å². The monoisotopic (exact) mass is 234 g/mol. The van der Waals surface area contributed by atoms with Gasteiger partial charge in [-0.05, 0) is 19.8 Å². The number of amides is 1. The third kappa shape index (κ3) is 3.17. The van der Waals surface area contributed by atoms with Crippen molar-refractivity contribution in [3.63, 3.8) is 0 Å². The molecule has 6 heteroatoms. The minimum atomic E-state index is -3.49. The SMILES string of the molecule is CCS(=O)(=O)NC(=O)C1(N)CCCCC1. The maximum atomic E-state index is 11.7. The Bertz CT molecular complexity index is 331. The molecule has 0 aromatic heterocycles. The summed E-state index contributed by atoms with van der Waals surface area (Å²) in [7, 11) is -3.49. The van der Waals surface area contributed by atoms with E-state index >= 15 is 0 Å². The van der Waals surface area contributed by atoms with E-state index in [-0.39, 0.29) is 5.75 Å². The van der Waals surface area contributed by atoms with E-state index in [4.69, 9.17) is 5.73 Å². The lowest BCUT2D eigenvalue weighted by atomic mass is 9.82. The molecule has 0 saturated heterocycles. The number of rotatable bonds is 3. The zero-order valence-electron chi connectivity index (χ0n) is 8.95. The quantitative estimate of drug-likeness (QED) is 0.725. The highest BCUT2D eigenvalue weighted by Crippen LogP contribution is 2.26. The molecule has 0 unspecified atom stereocenters. The van der Waals surface area contributed by atoms with Crippen LogP contribution < -0.4 is 10.5 Å². The van der Waals surface area contributed by atoms with Gasteiger partial charge in [-0.1, -0.05) is 19.3 Å². The molecule has 0 aliphatic heterocycles.